The Morgan fingerprint density at radius 3 is 2.45 bits per heavy atom. The molecule has 0 radical (unpaired) electrons. The van der Waals surface area contributed by atoms with E-state index in [2.05, 4.69) is 26.5 Å². The Labute approximate surface area is 125 Å². The van der Waals surface area contributed by atoms with Crippen LogP contribution in [0.25, 0.3) is 0 Å². The fraction of sp³-hybridized carbons (Fsp3) is 0.0667. The van der Waals surface area contributed by atoms with E-state index in [1.807, 2.05) is 31.2 Å². The zero-order valence-corrected chi connectivity index (χ0v) is 12.5. The Morgan fingerprint density at radius 1 is 1.15 bits per heavy atom. The molecule has 2 rings (SSSR count). The number of nitrogens with two attached hydrogens (primary N) is 1. The molecular formula is C15H14BrN3O. The van der Waals surface area contributed by atoms with Gasteiger partial charge in [0.2, 0.25) is 0 Å². The van der Waals surface area contributed by atoms with Gasteiger partial charge in [-0.05, 0) is 36.8 Å². The van der Waals surface area contributed by atoms with Crippen LogP contribution in [0.15, 0.2) is 58.1 Å². The summed E-state index contributed by atoms with van der Waals surface area (Å²) in [5, 5.41) is 4.09. The lowest BCUT2D eigenvalue weighted by atomic mass is 10.1. The minimum Gasteiger partial charge on any atom is -0.398 e. The molecule has 0 unspecified atom stereocenters. The Hall–Kier alpha value is -2.14. The summed E-state index contributed by atoms with van der Waals surface area (Å²) in [7, 11) is 0. The number of halogens is 1. The third kappa shape index (κ3) is 3.45. The second-order valence-electron chi connectivity index (χ2n) is 4.23. The second kappa shape index (κ2) is 6.34. The Bertz CT molecular complexity index is 650. The highest BCUT2D eigenvalue weighted by Gasteiger charge is 2.07. The molecule has 0 aliphatic rings. The minimum atomic E-state index is -0.320. The van der Waals surface area contributed by atoms with E-state index in [0.717, 1.165) is 15.7 Å². The first-order valence-electron chi connectivity index (χ1n) is 6.03. The molecule has 3 N–H and O–H groups in total. The van der Waals surface area contributed by atoms with E-state index in [1.165, 1.54) is 0 Å². The lowest BCUT2D eigenvalue weighted by Gasteiger charge is -2.05. The number of nitrogens with one attached hydrogen (secondary N) is 1. The average molecular weight is 332 g/mol. The van der Waals surface area contributed by atoms with Gasteiger partial charge in [-0.2, -0.15) is 5.10 Å². The first kappa shape index (κ1) is 14.3. The molecule has 4 nitrogen and oxygen atoms in total. The van der Waals surface area contributed by atoms with E-state index in [1.54, 1.807) is 24.3 Å². The number of benzene rings is 2. The number of amides is 1. The number of hydrazone groups is 1. The summed E-state index contributed by atoms with van der Waals surface area (Å²) < 4.78 is 0.996. The van der Waals surface area contributed by atoms with E-state index in [0.29, 0.717) is 11.3 Å². The van der Waals surface area contributed by atoms with Crippen molar-refractivity contribution in [2.75, 3.05) is 5.73 Å². The van der Waals surface area contributed by atoms with Crippen LogP contribution in [0.2, 0.25) is 0 Å². The molecule has 102 valence electrons. The molecule has 0 heterocycles. The summed E-state index contributed by atoms with van der Waals surface area (Å²) in [5.74, 6) is -0.320. The third-order valence-corrected chi connectivity index (χ3v) is 3.32. The maximum Gasteiger partial charge on any atom is 0.273 e. The van der Waals surface area contributed by atoms with Gasteiger partial charge in [0.1, 0.15) is 0 Å². The van der Waals surface area contributed by atoms with Crippen molar-refractivity contribution in [2.24, 2.45) is 5.10 Å². The number of nitrogens with zero attached hydrogens (tertiary/aromatic N) is 1. The Kier molecular flexibility index (Phi) is 4.53. The van der Waals surface area contributed by atoms with E-state index in [-0.39, 0.29) is 5.91 Å². The zero-order valence-electron chi connectivity index (χ0n) is 10.9. The smallest absolute Gasteiger partial charge is 0.273 e. The van der Waals surface area contributed by atoms with E-state index in [9.17, 15) is 4.79 Å². The summed E-state index contributed by atoms with van der Waals surface area (Å²) >= 11 is 3.37. The molecule has 0 saturated heterocycles. The molecule has 0 fully saturated rings. The predicted octanol–water partition coefficient (Wildman–Crippen LogP) is 3.19. The first-order valence-corrected chi connectivity index (χ1v) is 6.82. The number of carbonyl (C=O) groups is 1. The van der Waals surface area contributed by atoms with Crippen LogP contribution in [-0.2, 0) is 0 Å². The second-order valence-corrected chi connectivity index (χ2v) is 5.15. The number of carbonyl (C=O) groups excluding carboxylic acids is 1. The van der Waals surface area contributed by atoms with Crippen molar-refractivity contribution in [1.82, 2.24) is 5.43 Å². The van der Waals surface area contributed by atoms with Gasteiger partial charge in [0, 0.05) is 10.2 Å². The van der Waals surface area contributed by atoms with Crippen molar-refractivity contribution in [3.63, 3.8) is 0 Å². The number of anilines is 1. The molecule has 0 atom stereocenters. The van der Waals surface area contributed by atoms with Crippen LogP contribution in [0.4, 0.5) is 5.69 Å². The molecule has 2 aromatic rings. The summed E-state index contributed by atoms with van der Waals surface area (Å²) in [4.78, 5) is 11.9. The van der Waals surface area contributed by atoms with Gasteiger partial charge in [-0.3, -0.25) is 4.79 Å². The molecule has 20 heavy (non-hydrogen) atoms. The van der Waals surface area contributed by atoms with Gasteiger partial charge < -0.3 is 5.73 Å². The molecule has 0 bridgehead atoms. The highest BCUT2D eigenvalue weighted by molar-refractivity contribution is 9.10. The summed E-state index contributed by atoms with van der Waals surface area (Å²) in [5.41, 5.74) is 10.8. The van der Waals surface area contributed by atoms with Gasteiger partial charge in [-0.1, -0.05) is 40.2 Å². The summed E-state index contributed by atoms with van der Waals surface area (Å²) in [6, 6.07) is 14.6. The summed E-state index contributed by atoms with van der Waals surface area (Å²) in [6.45, 7) is 1.83. The van der Waals surface area contributed by atoms with Gasteiger partial charge in [0.15, 0.2) is 0 Å². The topological polar surface area (TPSA) is 67.5 Å². The molecular weight excluding hydrogens is 318 g/mol. The van der Waals surface area contributed by atoms with Crippen molar-refractivity contribution in [2.45, 2.75) is 6.92 Å². The SMILES string of the molecule is C/C(=N\NC(=O)c1ccccc1N)c1ccc(Br)cc1. The fourth-order valence-electron chi connectivity index (χ4n) is 1.65. The Morgan fingerprint density at radius 2 is 1.80 bits per heavy atom. The molecule has 5 heteroatoms. The van der Waals surface area contributed by atoms with Gasteiger partial charge in [0.25, 0.3) is 5.91 Å². The minimum absolute atomic E-state index is 0.320. The highest BCUT2D eigenvalue weighted by Crippen LogP contribution is 2.12. The molecule has 0 spiro atoms. The maximum atomic E-state index is 11.9. The average Bonchev–Trinajstić information content (AvgIpc) is 2.45. The van der Waals surface area contributed by atoms with Gasteiger partial charge in [-0.15, -0.1) is 0 Å². The molecule has 0 aliphatic carbocycles. The fourth-order valence-corrected chi connectivity index (χ4v) is 1.92. The van der Waals surface area contributed by atoms with Crippen molar-refractivity contribution >= 4 is 33.2 Å². The zero-order chi connectivity index (χ0) is 14.5. The normalized spacial score (nSPS) is 11.2. The van der Waals surface area contributed by atoms with Crippen LogP contribution >= 0.6 is 15.9 Å². The number of rotatable bonds is 3. The molecule has 0 aromatic heterocycles. The van der Waals surface area contributed by atoms with Crippen LogP contribution < -0.4 is 11.2 Å². The molecule has 1 amide bonds. The van der Waals surface area contributed by atoms with Crippen molar-refractivity contribution in [1.29, 1.82) is 0 Å². The molecule has 2 aromatic carbocycles. The van der Waals surface area contributed by atoms with Crippen LogP contribution in [-0.4, -0.2) is 11.6 Å². The van der Waals surface area contributed by atoms with Gasteiger partial charge in [0.05, 0.1) is 11.3 Å². The lowest BCUT2D eigenvalue weighted by Crippen LogP contribution is -2.20. The third-order valence-electron chi connectivity index (χ3n) is 2.79. The van der Waals surface area contributed by atoms with E-state index in [4.69, 9.17) is 5.73 Å². The van der Waals surface area contributed by atoms with Crippen molar-refractivity contribution in [3.05, 3.63) is 64.1 Å². The van der Waals surface area contributed by atoms with E-state index < -0.39 is 0 Å². The monoisotopic (exact) mass is 331 g/mol. The maximum absolute atomic E-state index is 11.9. The number of para-hydroxylation sites is 1. The van der Waals surface area contributed by atoms with Crippen molar-refractivity contribution in [3.8, 4) is 0 Å². The van der Waals surface area contributed by atoms with Crippen LogP contribution in [0.5, 0.6) is 0 Å². The summed E-state index contributed by atoms with van der Waals surface area (Å²) in [6.07, 6.45) is 0. The number of hydrogen-bond acceptors (Lipinski definition) is 3. The Balaban J connectivity index is 2.11. The highest BCUT2D eigenvalue weighted by atomic mass is 79.9. The standard InChI is InChI=1S/C15H14BrN3O/c1-10(11-6-8-12(16)9-7-11)18-19-15(20)13-4-2-3-5-14(13)17/h2-9H,17H2,1H3,(H,19,20)/b18-10+. The van der Waals surface area contributed by atoms with Gasteiger partial charge >= 0.3 is 0 Å². The molecule has 0 saturated carbocycles. The van der Waals surface area contributed by atoms with Crippen LogP contribution in [0, 0.1) is 0 Å². The lowest BCUT2D eigenvalue weighted by molar-refractivity contribution is 0.0955. The quantitative estimate of drug-likeness (QED) is 0.515. The largest absolute Gasteiger partial charge is 0.398 e. The first-order chi connectivity index (χ1) is 9.58. The van der Waals surface area contributed by atoms with E-state index >= 15 is 0 Å². The number of hydrogen-bond donors (Lipinski definition) is 2. The van der Waals surface area contributed by atoms with Crippen LogP contribution in [0.3, 0.4) is 0 Å². The number of nitrogen functional groups attached to an aromatic ring is 1. The molecule has 0 aliphatic heterocycles. The van der Waals surface area contributed by atoms with Gasteiger partial charge in [-0.25, -0.2) is 5.43 Å². The van der Waals surface area contributed by atoms with Crippen molar-refractivity contribution < 1.29 is 4.79 Å². The predicted molar refractivity (Wildman–Crippen MR) is 84.7 cm³/mol. The van der Waals surface area contributed by atoms with Crippen LogP contribution in [0.1, 0.15) is 22.8 Å².